The van der Waals surface area contributed by atoms with Gasteiger partial charge in [0.25, 0.3) is 0 Å². The van der Waals surface area contributed by atoms with Crippen molar-refractivity contribution < 1.29 is 0 Å². The average Bonchev–Trinajstić information content (AvgIpc) is 2.63. The van der Waals surface area contributed by atoms with Crippen molar-refractivity contribution in [3.05, 3.63) is 11.9 Å². The van der Waals surface area contributed by atoms with Gasteiger partial charge in [-0.25, -0.2) is 4.68 Å². The first kappa shape index (κ1) is 12.2. The molecule has 0 unspecified atom stereocenters. The molecule has 1 heterocycles. The standard InChI is InChI=1S/C12H23N3/c1-4-5-6-7-12-10-13-14-15(12)9-8-11(2)3/h10-11H,4-9H2,1-3H3. The summed E-state index contributed by atoms with van der Waals surface area (Å²) in [6.07, 6.45) is 8.05. The maximum atomic E-state index is 4.13. The molecule has 0 radical (unpaired) electrons. The van der Waals surface area contributed by atoms with Gasteiger partial charge in [-0.15, -0.1) is 5.10 Å². The van der Waals surface area contributed by atoms with Crippen LogP contribution in [0.2, 0.25) is 0 Å². The first-order chi connectivity index (χ1) is 7.24. The van der Waals surface area contributed by atoms with E-state index in [0.717, 1.165) is 18.9 Å². The summed E-state index contributed by atoms with van der Waals surface area (Å²) in [5.74, 6) is 0.734. The second-order valence-electron chi connectivity index (χ2n) is 4.59. The van der Waals surface area contributed by atoms with Gasteiger partial charge in [0.2, 0.25) is 0 Å². The van der Waals surface area contributed by atoms with Crippen LogP contribution < -0.4 is 0 Å². The Hall–Kier alpha value is -0.860. The fraction of sp³-hybridized carbons (Fsp3) is 0.833. The number of rotatable bonds is 7. The molecule has 0 aromatic carbocycles. The van der Waals surface area contributed by atoms with E-state index in [4.69, 9.17) is 0 Å². The lowest BCUT2D eigenvalue weighted by molar-refractivity contribution is 0.464. The van der Waals surface area contributed by atoms with Crippen LogP contribution >= 0.6 is 0 Å². The van der Waals surface area contributed by atoms with Crippen LogP contribution in [0, 0.1) is 5.92 Å². The van der Waals surface area contributed by atoms with Gasteiger partial charge in [0.05, 0.1) is 11.9 Å². The minimum Gasteiger partial charge on any atom is -0.249 e. The quantitative estimate of drug-likeness (QED) is 0.646. The van der Waals surface area contributed by atoms with Crippen molar-refractivity contribution >= 4 is 0 Å². The van der Waals surface area contributed by atoms with Crippen LogP contribution in [0.5, 0.6) is 0 Å². The number of hydrogen-bond acceptors (Lipinski definition) is 2. The Morgan fingerprint density at radius 3 is 2.80 bits per heavy atom. The Morgan fingerprint density at radius 1 is 1.33 bits per heavy atom. The lowest BCUT2D eigenvalue weighted by Crippen LogP contribution is -2.07. The molecule has 0 fully saturated rings. The van der Waals surface area contributed by atoms with Gasteiger partial charge >= 0.3 is 0 Å². The molecule has 1 aromatic rings. The summed E-state index contributed by atoms with van der Waals surface area (Å²) in [4.78, 5) is 0. The van der Waals surface area contributed by atoms with Crippen molar-refractivity contribution in [1.29, 1.82) is 0 Å². The number of unbranched alkanes of at least 4 members (excludes halogenated alkanes) is 2. The molecule has 0 spiro atoms. The van der Waals surface area contributed by atoms with Gasteiger partial charge in [0, 0.05) is 6.54 Å². The SMILES string of the molecule is CCCCCc1cnnn1CCC(C)C. The molecule has 1 rings (SSSR count). The highest BCUT2D eigenvalue weighted by molar-refractivity contribution is 4.93. The summed E-state index contributed by atoms with van der Waals surface area (Å²) < 4.78 is 2.07. The highest BCUT2D eigenvalue weighted by Crippen LogP contribution is 2.08. The van der Waals surface area contributed by atoms with Crippen molar-refractivity contribution in [2.24, 2.45) is 5.92 Å². The van der Waals surface area contributed by atoms with E-state index in [0.29, 0.717) is 0 Å². The zero-order chi connectivity index (χ0) is 11.1. The first-order valence-electron chi connectivity index (χ1n) is 6.11. The molecule has 3 heteroatoms. The third-order valence-corrected chi connectivity index (χ3v) is 2.65. The van der Waals surface area contributed by atoms with Crippen LogP contribution in [0.15, 0.2) is 6.20 Å². The summed E-state index contributed by atoms with van der Waals surface area (Å²) in [6.45, 7) is 7.73. The average molecular weight is 209 g/mol. The highest BCUT2D eigenvalue weighted by Gasteiger charge is 2.04. The topological polar surface area (TPSA) is 30.7 Å². The van der Waals surface area contributed by atoms with Gasteiger partial charge in [0.15, 0.2) is 0 Å². The van der Waals surface area contributed by atoms with Gasteiger partial charge in [-0.3, -0.25) is 0 Å². The molecule has 86 valence electrons. The molecule has 0 N–H and O–H groups in total. The second-order valence-corrected chi connectivity index (χ2v) is 4.59. The summed E-state index contributed by atoms with van der Waals surface area (Å²) >= 11 is 0. The Labute approximate surface area is 92.9 Å². The van der Waals surface area contributed by atoms with Crippen LogP contribution in [0.1, 0.15) is 52.1 Å². The predicted molar refractivity (Wildman–Crippen MR) is 62.7 cm³/mol. The van der Waals surface area contributed by atoms with Gasteiger partial charge < -0.3 is 0 Å². The van der Waals surface area contributed by atoms with Gasteiger partial charge in [-0.05, 0) is 25.2 Å². The fourth-order valence-corrected chi connectivity index (χ4v) is 1.60. The van der Waals surface area contributed by atoms with Crippen molar-refractivity contribution in [2.45, 2.75) is 59.4 Å². The summed E-state index contributed by atoms with van der Waals surface area (Å²) in [5.41, 5.74) is 1.30. The first-order valence-corrected chi connectivity index (χ1v) is 6.11. The molecule has 3 nitrogen and oxygen atoms in total. The molecule has 0 aliphatic carbocycles. The van der Waals surface area contributed by atoms with Crippen molar-refractivity contribution in [3.63, 3.8) is 0 Å². The van der Waals surface area contributed by atoms with E-state index in [1.165, 1.54) is 31.4 Å². The van der Waals surface area contributed by atoms with Crippen LogP contribution in [-0.2, 0) is 13.0 Å². The van der Waals surface area contributed by atoms with Gasteiger partial charge in [-0.2, -0.15) is 0 Å². The maximum Gasteiger partial charge on any atom is 0.0725 e. The number of aromatic nitrogens is 3. The minimum atomic E-state index is 0.734. The number of nitrogens with zero attached hydrogens (tertiary/aromatic N) is 3. The predicted octanol–water partition coefficient (Wildman–Crippen LogP) is 3.06. The largest absolute Gasteiger partial charge is 0.249 e. The molecule has 0 amide bonds. The third-order valence-electron chi connectivity index (χ3n) is 2.65. The third kappa shape index (κ3) is 4.45. The van der Waals surface area contributed by atoms with Gasteiger partial charge in [0.1, 0.15) is 0 Å². The van der Waals surface area contributed by atoms with E-state index in [1.54, 1.807) is 0 Å². The Morgan fingerprint density at radius 2 is 2.13 bits per heavy atom. The zero-order valence-electron chi connectivity index (χ0n) is 10.2. The van der Waals surface area contributed by atoms with E-state index in [2.05, 4.69) is 35.8 Å². The van der Waals surface area contributed by atoms with E-state index >= 15 is 0 Å². The van der Waals surface area contributed by atoms with Gasteiger partial charge in [-0.1, -0.05) is 38.8 Å². The van der Waals surface area contributed by atoms with Crippen molar-refractivity contribution in [2.75, 3.05) is 0 Å². The summed E-state index contributed by atoms with van der Waals surface area (Å²) in [6, 6.07) is 0. The maximum absolute atomic E-state index is 4.13. The van der Waals surface area contributed by atoms with E-state index in [-0.39, 0.29) is 0 Å². The lowest BCUT2D eigenvalue weighted by Gasteiger charge is -2.07. The Kier molecular flexibility index (Phi) is 5.37. The Bertz CT molecular complexity index is 266. The Balaban J connectivity index is 2.39. The van der Waals surface area contributed by atoms with Crippen molar-refractivity contribution in [3.8, 4) is 0 Å². The molecular formula is C12H23N3. The highest BCUT2D eigenvalue weighted by atomic mass is 15.4. The summed E-state index contributed by atoms with van der Waals surface area (Å²) in [5, 5.41) is 8.13. The fourth-order valence-electron chi connectivity index (χ4n) is 1.60. The summed E-state index contributed by atoms with van der Waals surface area (Å²) in [7, 11) is 0. The smallest absolute Gasteiger partial charge is 0.0725 e. The molecule has 0 saturated heterocycles. The second kappa shape index (κ2) is 6.59. The molecule has 0 aliphatic rings. The monoisotopic (exact) mass is 209 g/mol. The molecule has 0 aliphatic heterocycles. The molecule has 0 atom stereocenters. The van der Waals surface area contributed by atoms with Crippen LogP contribution in [-0.4, -0.2) is 15.0 Å². The van der Waals surface area contributed by atoms with E-state index in [1.807, 2.05) is 6.20 Å². The van der Waals surface area contributed by atoms with Crippen LogP contribution in [0.4, 0.5) is 0 Å². The lowest BCUT2D eigenvalue weighted by atomic mass is 10.1. The van der Waals surface area contributed by atoms with Crippen LogP contribution in [0.25, 0.3) is 0 Å². The molecule has 0 saturated carbocycles. The molecule has 15 heavy (non-hydrogen) atoms. The van der Waals surface area contributed by atoms with E-state index < -0.39 is 0 Å². The number of hydrogen-bond donors (Lipinski definition) is 0. The minimum absolute atomic E-state index is 0.734. The molecule has 0 bridgehead atoms. The zero-order valence-corrected chi connectivity index (χ0v) is 10.2. The van der Waals surface area contributed by atoms with Crippen molar-refractivity contribution in [1.82, 2.24) is 15.0 Å². The van der Waals surface area contributed by atoms with E-state index in [9.17, 15) is 0 Å². The normalized spacial score (nSPS) is 11.2. The number of aryl methyl sites for hydroxylation is 2. The van der Waals surface area contributed by atoms with Crippen LogP contribution in [0.3, 0.4) is 0 Å². The molecule has 1 aromatic heterocycles. The molecular weight excluding hydrogens is 186 g/mol.